The van der Waals surface area contributed by atoms with E-state index >= 15 is 0 Å². The number of cyclic esters (lactones) is 1. The summed E-state index contributed by atoms with van der Waals surface area (Å²) in [5, 5.41) is 9.69. The lowest BCUT2D eigenvalue weighted by molar-refractivity contribution is 0.0696. The summed E-state index contributed by atoms with van der Waals surface area (Å²) in [6, 6.07) is 17.7. The zero-order chi connectivity index (χ0) is 25.9. The maximum Gasteiger partial charge on any atom is 0.410 e. The molecule has 2 aromatic carbocycles. The molecule has 1 aromatic heterocycles. The van der Waals surface area contributed by atoms with Crippen LogP contribution in [0.15, 0.2) is 60.7 Å². The molecule has 2 fully saturated rings. The van der Waals surface area contributed by atoms with Crippen LogP contribution in [0.2, 0.25) is 5.02 Å². The number of carbonyl (C=O) groups is 2. The van der Waals surface area contributed by atoms with Crippen molar-refractivity contribution in [3.8, 4) is 11.6 Å². The molecular weight excluding hydrogens is 494 g/mol. The first-order chi connectivity index (χ1) is 17.9. The van der Waals surface area contributed by atoms with Gasteiger partial charge in [0, 0.05) is 42.5 Å². The lowest BCUT2D eigenvalue weighted by Crippen LogP contribution is -2.46. The number of piperidine rings is 1. The van der Waals surface area contributed by atoms with Gasteiger partial charge in [-0.25, -0.2) is 14.6 Å². The van der Waals surface area contributed by atoms with E-state index in [4.69, 9.17) is 26.2 Å². The minimum atomic E-state index is -0.977. The fourth-order valence-corrected chi connectivity index (χ4v) is 5.18. The fraction of sp³-hybridized carbons (Fsp3) is 0.321. The zero-order valence-corrected chi connectivity index (χ0v) is 21.2. The summed E-state index contributed by atoms with van der Waals surface area (Å²) in [7, 11) is 0. The van der Waals surface area contributed by atoms with Crippen LogP contribution in [0.25, 0.3) is 0 Å². The van der Waals surface area contributed by atoms with Gasteiger partial charge in [-0.15, -0.1) is 0 Å². The Bertz CT molecular complexity index is 1290. The predicted molar refractivity (Wildman–Crippen MR) is 138 cm³/mol. The molecule has 8 nitrogen and oxygen atoms in total. The third-order valence-corrected chi connectivity index (χ3v) is 7.22. The van der Waals surface area contributed by atoms with Crippen molar-refractivity contribution >= 4 is 23.7 Å². The highest BCUT2D eigenvalue weighted by Gasteiger charge is 2.40. The van der Waals surface area contributed by atoms with Gasteiger partial charge in [-0.3, -0.25) is 9.80 Å². The molecule has 0 saturated carbocycles. The third kappa shape index (κ3) is 5.70. The molecule has 2 aliphatic heterocycles. The van der Waals surface area contributed by atoms with Crippen molar-refractivity contribution in [2.75, 3.05) is 19.7 Å². The molecule has 1 amide bonds. The molecule has 0 radical (unpaired) electrons. The number of amides is 1. The lowest BCUT2D eigenvalue weighted by Gasteiger charge is -2.38. The van der Waals surface area contributed by atoms with Gasteiger partial charge >= 0.3 is 12.1 Å². The van der Waals surface area contributed by atoms with E-state index in [0.29, 0.717) is 23.3 Å². The first kappa shape index (κ1) is 25.0. The van der Waals surface area contributed by atoms with Crippen LogP contribution in [0.1, 0.15) is 46.1 Å². The van der Waals surface area contributed by atoms with Crippen LogP contribution in [0.4, 0.5) is 4.79 Å². The van der Waals surface area contributed by atoms with E-state index in [-0.39, 0.29) is 23.7 Å². The van der Waals surface area contributed by atoms with Crippen LogP contribution < -0.4 is 4.74 Å². The lowest BCUT2D eigenvalue weighted by atomic mass is 9.98. The molecule has 1 unspecified atom stereocenters. The Morgan fingerprint density at radius 3 is 2.57 bits per heavy atom. The number of carboxylic acids is 1. The van der Waals surface area contributed by atoms with Gasteiger partial charge in [0.25, 0.3) is 0 Å². The molecule has 0 spiro atoms. The molecular formula is C28H28ClN3O5. The van der Waals surface area contributed by atoms with E-state index in [1.165, 1.54) is 12.1 Å². The van der Waals surface area contributed by atoms with E-state index in [0.717, 1.165) is 49.3 Å². The van der Waals surface area contributed by atoms with E-state index in [1.807, 2.05) is 48.2 Å². The molecule has 2 saturated heterocycles. The predicted octanol–water partition coefficient (Wildman–Crippen LogP) is 5.69. The largest absolute Gasteiger partial charge is 0.478 e. The highest BCUT2D eigenvalue weighted by atomic mass is 35.5. The van der Waals surface area contributed by atoms with E-state index in [2.05, 4.69) is 9.88 Å². The molecule has 0 bridgehead atoms. The van der Waals surface area contributed by atoms with Crippen LogP contribution in [0, 0.1) is 6.92 Å². The number of pyridine rings is 1. The molecule has 192 valence electrons. The van der Waals surface area contributed by atoms with Gasteiger partial charge < -0.3 is 14.6 Å². The number of hydrogen-bond donors (Lipinski definition) is 1. The Morgan fingerprint density at radius 1 is 1.14 bits per heavy atom. The summed E-state index contributed by atoms with van der Waals surface area (Å²) in [5.41, 5.74) is 3.20. The monoisotopic (exact) mass is 521 g/mol. The summed E-state index contributed by atoms with van der Waals surface area (Å²) in [6.07, 6.45) is 1.48. The van der Waals surface area contributed by atoms with Gasteiger partial charge in [0.2, 0.25) is 5.88 Å². The number of benzene rings is 2. The molecule has 3 aromatic rings. The van der Waals surface area contributed by atoms with Crippen molar-refractivity contribution < 1.29 is 24.2 Å². The molecule has 37 heavy (non-hydrogen) atoms. The Hall–Kier alpha value is -3.62. The zero-order valence-electron chi connectivity index (χ0n) is 20.5. The number of rotatable bonds is 7. The summed E-state index contributed by atoms with van der Waals surface area (Å²) >= 11 is 6.18. The number of hydrogen-bond acceptors (Lipinski definition) is 6. The van der Waals surface area contributed by atoms with Crippen LogP contribution >= 0.6 is 11.6 Å². The highest BCUT2D eigenvalue weighted by molar-refractivity contribution is 6.30. The molecule has 0 aliphatic carbocycles. The second kappa shape index (κ2) is 10.8. The maximum absolute atomic E-state index is 12.6. The van der Waals surface area contributed by atoms with Gasteiger partial charge in [0.1, 0.15) is 12.4 Å². The fourth-order valence-electron chi connectivity index (χ4n) is 4.98. The van der Waals surface area contributed by atoms with Gasteiger partial charge in [-0.1, -0.05) is 29.8 Å². The smallest absolute Gasteiger partial charge is 0.410 e. The van der Waals surface area contributed by atoms with Crippen molar-refractivity contribution in [2.45, 2.75) is 38.4 Å². The van der Waals surface area contributed by atoms with Crippen molar-refractivity contribution in [1.29, 1.82) is 0 Å². The number of nitrogens with zero attached hydrogens (tertiary/aromatic N) is 3. The average Bonchev–Trinajstić information content (AvgIpc) is 3.28. The summed E-state index contributed by atoms with van der Waals surface area (Å²) in [4.78, 5) is 32.4. The number of carboxylic acid groups (broad SMARTS) is 1. The van der Waals surface area contributed by atoms with Gasteiger partial charge in [-0.05, 0) is 67.3 Å². The van der Waals surface area contributed by atoms with Crippen molar-refractivity contribution in [3.05, 3.63) is 88.1 Å². The highest BCUT2D eigenvalue weighted by Crippen LogP contribution is 2.34. The summed E-state index contributed by atoms with van der Waals surface area (Å²) in [5.74, 6) is 0.0149. The van der Waals surface area contributed by atoms with Crippen molar-refractivity contribution in [2.24, 2.45) is 0 Å². The van der Waals surface area contributed by atoms with E-state index in [9.17, 15) is 9.59 Å². The number of aromatic carboxylic acids is 1. The Balaban J connectivity index is 1.18. The minimum Gasteiger partial charge on any atom is -0.478 e. The standard InChI is InChI=1S/C28H28ClN3O5/c1-18-21(7-10-26(30-18)37-24-8-5-19(6-9-24)27(33)34)16-31-13-11-23(12-14-31)32-25(17-36-28(32)35)20-3-2-4-22(29)15-20/h2-10,15,23,25H,11-14,16-17H2,1H3,(H,33,34). The number of carbonyl (C=O) groups excluding carboxylic acids is 1. The molecule has 1 N–H and O–H groups in total. The minimum absolute atomic E-state index is 0.109. The normalized spacial score (nSPS) is 18.6. The Morgan fingerprint density at radius 2 is 1.89 bits per heavy atom. The number of aromatic nitrogens is 1. The number of likely N-dealkylation sites (tertiary alicyclic amines) is 1. The second-order valence-corrected chi connectivity index (χ2v) is 9.82. The molecule has 2 aliphatic rings. The van der Waals surface area contributed by atoms with Crippen molar-refractivity contribution in [1.82, 2.24) is 14.8 Å². The Kier molecular flexibility index (Phi) is 7.30. The SMILES string of the molecule is Cc1nc(Oc2ccc(C(=O)O)cc2)ccc1CN1CCC(N2C(=O)OCC2c2cccc(Cl)c2)CC1. The van der Waals surface area contributed by atoms with Gasteiger partial charge in [0.15, 0.2) is 0 Å². The van der Waals surface area contributed by atoms with Gasteiger partial charge in [-0.2, -0.15) is 0 Å². The third-order valence-electron chi connectivity index (χ3n) is 6.98. The first-order valence-electron chi connectivity index (χ1n) is 12.3. The average molecular weight is 522 g/mol. The summed E-state index contributed by atoms with van der Waals surface area (Å²) in [6.45, 7) is 4.80. The Labute approximate surface area is 220 Å². The number of ether oxygens (including phenoxy) is 2. The quantitative estimate of drug-likeness (QED) is 0.427. The van der Waals surface area contributed by atoms with Crippen LogP contribution in [-0.4, -0.2) is 57.7 Å². The first-order valence-corrected chi connectivity index (χ1v) is 12.7. The van der Waals surface area contributed by atoms with Crippen LogP contribution in [0.5, 0.6) is 11.6 Å². The number of aryl methyl sites for hydroxylation is 1. The molecule has 5 rings (SSSR count). The second-order valence-electron chi connectivity index (χ2n) is 9.39. The van der Waals surface area contributed by atoms with Crippen LogP contribution in [-0.2, 0) is 11.3 Å². The maximum atomic E-state index is 12.6. The van der Waals surface area contributed by atoms with Crippen molar-refractivity contribution in [3.63, 3.8) is 0 Å². The molecule has 3 heterocycles. The van der Waals surface area contributed by atoms with Crippen LogP contribution in [0.3, 0.4) is 0 Å². The summed E-state index contributed by atoms with van der Waals surface area (Å²) < 4.78 is 11.2. The van der Waals surface area contributed by atoms with E-state index in [1.54, 1.807) is 12.1 Å². The van der Waals surface area contributed by atoms with E-state index < -0.39 is 5.97 Å². The molecule has 9 heteroatoms. The molecule has 1 atom stereocenters. The number of halogens is 1. The topological polar surface area (TPSA) is 92.2 Å². The van der Waals surface area contributed by atoms with Gasteiger partial charge in [0.05, 0.1) is 11.6 Å².